The second-order valence-electron chi connectivity index (χ2n) is 15.7. The van der Waals surface area contributed by atoms with Crippen LogP contribution in [0.25, 0.3) is 76.5 Å². The van der Waals surface area contributed by atoms with Gasteiger partial charge in [-0.3, -0.25) is 0 Å². The van der Waals surface area contributed by atoms with Crippen LogP contribution >= 0.6 is 0 Å². The third kappa shape index (κ3) is 4.87. The molecule has 10 aromatic carbocycles. The number of fused-ring (bicyclic) bond motifs is 9. The predicted molar refractivity (Wildman–Crippen MR) is 240 cm³/mol. The molecule has 0 bridgehead atoms. The first-order valence-corrected chi connectivity index (χ1v) is 19.6. The van der Waals surface area contributed by atoms with E-state index in [1.807, 2.05) is 0 Å². The summed E-state index contributed by atoms with van der Waals surface area (Å²) in [5.41, 5.74) is 13.6. The number of anilines is 3. The molecule has 0 saturated carbocycles. The third-order valence-electron chi connectivity index (χ3n) is 12.2. The average Bonchev–Trinajstić information content (AvgIpc) is 3.49. The quantitative estimate of drug-likeness (QED) is 0.161. The maximum atomic E-state index is 2.50. The van der Waals surface area contributed by atoms with Gasteiger partial charge in [0.1, 0.15) is 0 Å². The minimum absolute atomic E-state index is 0.129. The van der Waals surface area contributed by atoms with E-state index in [2.05, 4.69) is 219 Å². The summed E-state index contributed by atoms with van der Waals surface area (Å²) in [6, 6.07) is 74.1. The zero-order valence-corrected chi connectivity index (χ0v) is 31.5. The van der Waals surface area contributed by atoms with E-state index in [4.69, 9.17) is 0 Å². The fourth-order valence-corrected chi connectivity index (χ4v) is 9.62. The molecule has 1 heteroatoms. The van der Waals surface area contributed by atoms with Gasteiger partial charge < -0.3 is 4.90 Å². The second-order valence-corrected chi connectivity index (χ2v) is 15.7. The van der Waals surface area contributed by atoms with Crippen LogP contribution in [0.2, 0.25) is 0 Å². The summed E-state index contributed by atoms with van der Waals surface area (Å²) in [5.74, 6) is 0. The molecule has 1 aliphatic rings. The summed E-state index contributed by atoms with van der Waals surface area (Å²) in [6.07, 6.45) is 0. The number of benzene rings is 10. The monoisotopic (exact) mass is 713 g/mol. The second kappa shape index (κ2) is 12.5. The maximum absolute atomic E-state index is 2.50. The normalized spacial score (nSPS) is 13.0. The van der Waals surface area contributed by atoms with Gasteiger partial charge in [0.25, 0.3) is 0 Å². The fourth-order valence-electron chi connectivity index (χ4n) is 9.62. The molecule has 0 saturated heterocycles. The fraction of sp³-hybridized carbons (Fsp3) is 0.0545. The summed E-state index contributed by atoms with van der Waals surface area (Å²) >= 11 is 0. The number of hydrogen-bond donors (Lipinski definition) is 0. The summed E-state index contributed by atoms with van der Waals surface area (Å²) in [5, 5.41) is 10.0. The molecule has 0 unspecified atom stereocenters. The Kier molecular flexibility index (Phi) is 7.28. The maximum Gasteiger partial charge on any atom is 0.0546 e. The van der Waals surface area contributed by atoms with Gasteiger partial charge in [-0.1, -0.05) is 184 Å². The van der Waals surface area contributed by atoms with Crippen molar-refractivity contribution < 1.29 is 0 Å². The Morgan fingerprint density at radius 3 is 1.59 bits per heavy atom. The number of hydrogen-bond acceptors (Lipinski definition) is 1. The highest BCUT2D eigenvalue weighted by molar-refractivity contribution is 6.22. The van der Waals surface area contributed by atoms with E-state index < -0.39 is 0 Å². The molecule has 1 aliphatic carbocycles. The van der Waals surface area contributed by atoms with Crippen LogP contribution in [0.15, 0.2) is 200 Å². The minimum Gasteiger partial charge on any atom is -0.310 e. The van der Waals surface area contributed by atoms with Crippen LogP contribution in [0.4, 0.5) is 17.1 Å². The molecule has 0 radical (unpaired) electrons. The lowest BCUT2D eigenvalue weighted by Gasteiger charge is -2.30. The van der Waals surface area contributed by atoms with Gasteiger partial charge in [0.05, 0.1) is 5.69 Å². The zero-order chi connectivity index (χ0) is 37.4. The highest BCUT2D eigenvalue weighted by atomic mass is 15.1. The van der Waals surface area contributed by atoms with Gasteiger partial charge in [0.2, 0.25) is 0 Å². The lowest BCUT2D eigenvalue weighted by atomic mass is 9.82. The summed E-state index contributed by atoms with van der Waals surface area (Å²) < 4.78 is 0. The van der Waals surface area contributed by atoms with Crippen molar-refractivity contribution >= 4 is 60.2 Å². The SMILES string of the molecule is CC1(C)c2ccccc2-c2ccc(N(c3cccc(-c4c(-c5ccccc5)c5ccccc5c5ccccc45)c3)c3cc4ccccc4c4ccccc34)cc21. The molecule has 0 N–H and O–H groups in total. The smallest absolute Gasteiger partial charge is 0.0546 e. The molecule has 0 spiro atoms. The highest BCUT2D eigenvalue weighted by Crippen LogP contribution is 2.52. The first kappa shape index (κ1) is 32.5. The number of rotatable bonds is 5. The first-order valence-electron chi connectivity index (χ1n) is 19.6. The first-order chi connectivity index (χ1) is 27.6. The summed E-state index contributed by atoms with van der Waals surface area (Å²) in [6.45, 7) is 4.74. The Labute approximate surface area is 327 Å². The molecule has 0 atom stereocenters. The molecule has 0 amide bonds. The number of nitrogens with zero attached hydrogens (tertiary/aromatic N) is 1. The van der Waals surface area contributed by atoms with E-state index in [-0.39, 0.29) is 5.41 Å². The lowest BCUT2D eigenvalue weighted by molar-refractivity contribution is 0.660. The molecule has 0 aromatic heterocycles. The lowest BCUT2D eigenvalue weighted by Crippen LogP contribution is -2.16. The van der Waals surface area contributed by atoms with E-state index >= 15 is 0 Å². The molecule has 10 aromatic rings. The largest absolute Gasteiger partial charge is 0.310 e. The van der Waals surface area contributed by atoms with Crippen molar-refractivity contribution in [3.8, 4) is 33.4 Å². The molecule has 0 aliphatic heterocycles. The summed E-state index contributed by atoms with van der Waals surface area (Å²) in [4.78, 5) is 2.50. The molecular weight excluding hydrogens is 675 g/mol. The molecule has 11 rings (SSSR count). The van der Waals surface area contributed by atoms with Gasteiger partial charge in [-0.2, -0.15) is 0 Å². The molecule has 0 heterocycles. The van der Waals surface area contributed by atoms with Gasteiger partial charge in [-0.15, -0.1) is 0 Å². The van der Waals surface area contributed by atoms with Crippen molar-refractivity contribution in [2.45, 2.75) is 19.3 Å². The van der Waals surface area contributed by atoms with Crippen LogP contribution in [0.3, 0.4) is 0 Å². The van der Waals surface area contributed by atoms with Crippen LogP contribution in [0.5, 0.6) is 0 Å². The van der Waals surface area contributed by atoms with Crippen molar-refractivity contribution in [3.05, 3.63) is 211 Å². The van der Waals surface area contributed by atoms with Crippen molar-refractivity contribution in [1.29, 1.82) is 0 Å². The average molecular weight is 714 g/mol. The molecule has 264 valence electrons. The van der Waals surface area contributed by atoms with E-state index in [0.717, 1.165) is 17.1 Å². The zero-order valence-electron chi connectivity index (χ0n) is 31.5. The van der Waals surface area contributed by atoms with E-state index in [9.17, 15) is 0 Å². The van der Waals surface area contributed by atoms with Gasteiger partial charge in [-0.05, 0) is 113 Å². The Bertz CT molecular complexity index is 3170. The topological polar surface area (TPSA) is 3.24 Å². The van der Waals surface area contributed by atoms with Crippen LogP contribution in [0, 0.1) is 0 Å². The Morgan fingerprint density at radius 1 is 0.339 bits per heavy atom. The van der Waals surface area contributed by atoms with Gasteiger partial charge >= 0.3 is 0 Å². The van der Waals surface area contributed by atoms with Gasteiger partial charge in [0.15, 0.2) is 0 Å². The van der Waals surface area contributed by atoms with E-state index in [0.29, 0.717) is 0 Å². The van der Waals surface area contributed by atoms with Crippen molar-refractivity contribution in [3.63, 3.8) is 0 Å². The van der Waals surface area contributed by atoms with Crippen molar-refractivity contribution in [2.75, 3.05) is 4.90 Å². The molecule has 56 heavy (non-hydrogen) atoms. The third-order valence-corrected chi connectivity index (χ3v) is 12.2. The molecular formula is C55H39N. The Hall–Kier alpha value is -6.96. The molecule has 0 fully saturated rings. The van der Waals surface area contributed by atoms with Crippen molar-refractivity contribution in [2.24, 2.45) is 0 Å². The van der Waals surface area contributed by atoms with Crippen LogP contribution in [-0.4, -0.2) is 0 Å². The van der Waals surface area contributed by atoms with Crippen LogP contribution < -0.4 is 4.90 Å². The van der Waals surface area contributed by atoms with Gasteiger partial charge in [-0.25, -0.2) is 0 Å². The predicted octanol–water partition coefficient (Wildman–Crippen LogP) is 15.4. The van der Waals surface area contributed by atoms with Crippen molar-refractivity contribution in [1.82, 2.24) is 0 Å². The van der Waals surface area contributed by atoms with Crippen LogP contribution in [-0.2, 0) is 5.41 Å². The standard InChI is InChI=1S/C55H39N/c1-55(2)50-30-15-14-26-45(50)46-32-31-40(35-51(46)55)56(52-34-37-19-6-7-22-41(37)42-23-8-11-27-47(42)52)39-21-16-20-38(33-39)54-49-29-13-10-25-44(49)43-24-9-12-28-48(43)53(54)36-17-4-3-5-18-36/h3-35H,1-2H3. The minimum atomic E-state index is -0.129. The van der Waals surface area contributed by atoms with Crippen LogP contribution in [0.1, 0.15) is 25.0 Å². The summed E-state index contributed by atoms with van der Waals surface area (Å²) in [7, 11) is 0. The Balaban J connectivity index is 1.21. The highest BCUT2D eigenvalue weighted by Gasteiger charge is 2.36. The van der Waals surface area contributed by atoms with Gasteiger partial charge in [0, 0.05) is 22.2 Å². The van der Waals surface area contributed by atoms with E-state index in [1.54, 1.807) is 0 Å². The molecule has 1 nitrogen and oxygen atoms in total. The van der Waals surface area contributed by atoms with E-state index in [1.165, 1.54) is 87.6 Å². The Morgan fingerprint density at radius 2 is 0.857 bits per heavy atom.